The number of halogens is 4. The summed E-state index contributed by atoms with van der Waals surface area (Å²) in [5.41, 5.74) is -1.19. The van der Waals surface area contributed by atoms with Crippen LogP contribution in [0.25, 0.3) is 0 Å². The van der Waals surface area contributed by atoms with Crippen molar-refractivity contribution in [2.45, 2.75) is 38.9 Å². The van der Waals surface area contributed by atoms with E-state index in [1.165, 1.54) is 4.68 Å². The van der Waals surface area contributed by atoms with Crippen LogP contribution in [0.4, 0.5) is 19.0 Å². The van der Waals surface area contributed by atoms with Crippen molar-refractivity contribution < 1.29 is 18.0 Å². The number of carbonyl (C=O) groups excluding carboxylic acids is 1. The van der Waals surface area contributed by atoms with E-state index in [1.807, 2.05) is 20.8 Å². The van der Waals surface area contributed by atoms with Gasteiger partial charge in [0.1, 0.15) is 12.4 Å². The van der Waals surface area contributed by atoms with Crippen molar-refractivity contribution in [3.8, 4) is 0 Å². The zero-order valence-corrected chi connectivity index (χ0v) is 17.0. The standard InChI is InChI=1S/C17H21ClF3N7O/c1-16(2,3)15-23-24-25-28(15)10-13(29)26-4-6-27(7-5-26)14-12(18)8-11(9-22-14)17(19,20)21/h8-9H,4-7,10H2,1-3H3. The highest BCUT2D eigenvalue weighted by Gasteiger charge is 2.33. The van der Waals surface area contributed by atoms with Gasteiger partial charge in [0, 0.05) is 37.8 Å². The highest BCUT2D eigenvalue weighted by atomic mass is 35.5. The van der Waals surface area contributed by atoms with Crippen molar-refractivity contribution in [1.29, 1.82) is 0 Å². The number of carbonyl (C=O) groups is 1. The Hall–Kier alpha value is -2.43. The lowest BCUT2D eigenvalue weighted by atomic mass is 9.96. The molecule has 1 saturated heterocycles. The topological polar surface area (TPSA) is 80.0 Å². The van der Waals surface area contributed by atoms with Gasteiger partial charge in [0.15, 0.2) is 5.82 Å². The molecule has 2 aromatic heterocycles. The largest absolute Gasteiger partial charge is 0.417 e. The molecule has 0 unspecified atom stereocenters. The van der Waals surface area contributed by atoms with Gasteiger partial charge in [-0.1, -0.05) is 32.4 Å². The lowest BCUT2D eigenvalue weighted by Crippen LogP contribution is -2.50. The second-order valence-electron chi connectivity index (χ2n) is 7.81. The molecule has 0 radical (unpaired) electrons. The maximum absolute atomic E-state index is 12.8. The van der Waals surface area contributed by atoms with Crippen LogP contribution in [0.1, 0.15) is 32.2 Å². The van der Waals surface area contributed by atoms with Gasteiger partial charge in [-0.05, 0) is 16.5 Å². The van der Waals surface area contributed by atoms with E-state index in [9.17, 15) is 18.0 Å². The molecule has 1 aliphatic heterocycles. The number of anilines is 1. The van der Waals surface area contributed by atoms with Crippen molar-refractivity contribution >= 4 is 23.3 Å². The predicted molar refractivity (Wildman–Crippen MR) is 99.6 cm³/mol. The minimum absolute atomic E-state index is 0.0267. The van der Waals surface area contributed by atoms with Crippen LogP contribution >= 0.6 is 11.6 Å². The molecule has 0 atom stereocenters. The molecule has 0 bridgehead atoms. The number of tetrazole rings is 1. The van der Waals surface area contributed by atoms with Crippen LogP contribution < -0.4 is 4.90 Å². The third-order valence-electron chi connectivity index (χ3n) is 4.57. The number of rotatable bonds is 3. The summed E-state index contributed by atoms with van der Waals surface area (Å²) in [5, 5.41) is 11.5. The van der Waals surface area contributed by atoms with Gasteiger partial charge in [0.25, 0.3) is 0 Å². The third-order valence-corrected chi connectivity index (χ3v) is 4.85. The van der Waals surface area contributed by atoms with E-state index < -0.39 is 11.7 Å². The summed E-state index contributed by atoms with van der Waals surface area (Å²) < 4.78 is 39.8. The van der Waals surface area contributed by atoms with Gasteiger partial charge in [-0.15, -0.1) is 5.10 Å². The fourth-order valence-corrected chi connectivity index (χ4v) is 3.35. The van der Waals surface area contributed by atoms with Crippen molar-refractivity contribution in [3.63, 3.8) is 0 Å². The first-order valence-corrected chi connectivity index (χ1v) is 9.36. The van der Waals surface area contributed by atoms with Gasteiger partial charge in [-0.2, -0.15) is 13.2 Å². The van der Waals surface area contributed by atoms with E-state index in [0.29, 0.717) is 32.0 Å². The molecule has 158 valence electrons. The maximum atomic E-state index is 12.8. The lowest BCUT2D eigenvalue weighted by molar-refractivity contribution is -0.138. The minimum Gasteiger partial charge on any atom is -0.352 e. The Labute approximate surface area is 170 Å². The Kier molecular flexibility index (Phi) is 5.70. The Morgan fingerprint density at radius 3 is 2.38 bits per heavy atom. The van der Waals surface area contributed by atoms with Gasteiger partial charge < -0.3 is 9.80 Å². The summed E-state index contributed by atoms with van der Waals surface area (Å²) in [6.07, 6.45) is -3.73. The molecule has 1 aliphatic rings. The number of hydrogen-bond donors (Lipinski definition) is 0. The van der Waals surface area contributed by atoms with E-state index in [4.69, 9.17) is 11.6 Å². The number of pyridine rings is 1. The molecular formula is C17H21ClF3N7O. The summed E-state index contributed by atoms with van der Waals surface area (Å²) in [4.78, 5) is 19.9. The molecule has 0 aliphatic carbocycles. The SMILES string of the molecule is CC(C)(C)c1nnnn1CC(=O)N1CCN(c2ncc(C(F)(F)F)cc2Cl)CC1. The average Bonchev–Trinajstić information content (AvgIpc) is 3.09. The highest BCUT2D eigenvalue weighted by Crippen LogP contribution is 2.33. The first-order valence-electron chi connectivity index (χ1n) is 8.99. The van der Waals surface area contributed by atoms with Crippen LogP contribution in [0.15, 0.2) is 12.3 Å². The van der Waals surface area contributed by atoms with Crippen LogP contribution in [-0.2, 0) is 22.9 Å². The van der Waals surface area contributed by atoms with Crippen LogP contribution in [0, 0.1) is 0 Å². The molecule has 3 rings (SSSR count). The zero-order valence-electron chi connectivity index (χ0n) is 16.2. The molecule has 3 heterocycles. The smallest absolute Gasteiger partial charge is 0.352 e. The number of alkyl halides is 3. The number of aromatic nitrogens is 5. The Morgan fingerprint density at radius 1 is 1.17 bits per heavy atom. The number of piperazine rings is 1. The van der Waals surface area contributed by atoms with E-state index in [1.54, 1.807) is 9.80 Å². The fourth-order valence-electron chi connectivity index (χ4n) is 3.06. The summed E-state index contributed by atoms with van der Waals surface area (Å²) in [6.45, 7) is 7.50. The molecule has 1 amide bonds. The highest BCUT2D eigenvalue weighted by molar-refractivity contribution is 6.33. The summed E-state index contributed by atoms with van der Waals surface area (Å²) >= 11 is 6.01. The van der Waals surface area contributed by atoms with Gasteiger partial charge in [0.2, 0.25) is 5.91 Å². The van der Waals surface area contributed by atoms with E-state index in [2.05, 4.69) is 20.5 Å². The van der Waals surface area contributed by atoms with Crippen molar-refractivity contribution in [3.05, 3.63) is 28.7 Å². The van der Waals surface area contributed by atoms with Crippen LogP contribution in [-0.4, -0.2) is 62.2 Å². The Morgan fingerprint density at radius 2 is 1.83 bits per heavy atom. The molecule has 8 nitrogen and oxygen atoms in total. The Balaban J connectivity index is 1.62. The zero-order chi connectivity index (χ0) is 21.4. The van der Waals surface area contributed by atoms with E-state index in [0.717, 1.165) is 12.3 Å². The average molecular weight is 432 g/mol. The molecule has 2 aromatic rings. The second-order valence-corrected chi connectivity index (χ2v) is 8.21. The van der Waals surface area contributed by atoms with Crippen molar-refractivity contribution in [2.75, 3.05) is 31.1 Å². The van der Waals surface area contributed by atoms with Crippen LogP contribution in [0.2, 0.25) is 5.02 Å². The Bertz CT molecular complexity index is 886. The summed E-state index contributed by atoms with van der Waals surface area (Å²) in [5.74, 6) is 0.765. The van der Waals surface area contributed by atoms with Crippen LogP contribution in [0.5, 0.6) is 0 Å². The molecule has 0 N–H and O–H groups in total. The molecule has 0 saturated carbocycles. The van der Waals surface area contributed by atoms with Gasteiger partial charge >= 0.3 is 6.18 Å². The maximum Gasteiger partial charge on any atom is 0.417 e. The van der Waals surface area contributed by atoms with Gasteiger partial charge in [0.05, 0.1) is 10.6 Å². The molecule has 12 heteroatoms. The first-order chi connectivity index (χ1) is 13.5. The summed E-state index contributed by atoms with van der Waals surface area (Å²) in [6, 6.07) is 0.868. The number of amides is 1. The molecule has 29 heavy (non-hydrogen) atoms. The molecular weight excluding hydrogens is 411 g/mol. The van der Waals surface area contributed by atoms with Gasteiger partial charge in [-0.3, -0.25) is 4.79 Å². The number of nitrogens with zero attached hydrogens (tertiary/aromatic N) is 7. The molecule has 1 fully saturated rings. The minimum atomic E-state index is -4.50. The quantitative estimate of drug-likeness (QED) is 0.742. The molecule has 0 aromatic carbocycles. The van der Waals surface area contributed by atoms with Crippen molar-refractivity contribution in [2.24, 2.45) is 0 Å². The fraction of sp³-hybridized carbons (Fsp3) is 0.588. The number of hydrogen-bond acceptors (Lipinski definition) is 6. The lowest BCUT2D eigenvalue weighted by Gasteiger charge is -2.36. The van der Waals surface area contributed by atoms with Crippen molar-refractivity contribution in [1.82, 2.24) is 30.1 Å². The third kappa shape index (κ3) is 4.77. The second kappa shape index (κ2) is 7.77. The monoisotopic (exact) mass is 431 g/mol. The van der Waals surface area contributed by atoms with E-state index >= 15 is 0 Å². The van der Waals surface area contributed by atoms with Crippen LogP contribution in [0.3, 0.4) is 0 Å². The summed E-state index contributed by atoms with van der Waals surface area (Å²) in [7, 11) is 0. The first kappa shape index (κ1) is 21.3. The predicted octanol–water partition coefficient (Wildman–Crippen LogP) is 2.39. The van der Waals surface area contributed by atoms with E-state index in [-0.39, 0.29) is 28.7 Å². The van der Waals surface area contributed by atoms with Gasteiger partial charge in [-0.25, -0.2) is 9.67 Å². The molecule has 0 spiro atoms. The normalized spacial score (nSPS) is 15.7.